The predicted molar refractivity (Wildman–Crippen MR) is 121 cm³/mol. The number of carbonyl (C=O) groups is 1. The van der Waals surface area contributed by atoms with Gasteiger partial charge < -0.3 is 10.2 Å². The Morgan fingerprint density at radius 3 is 2.56 bits per heavy atom. The molecule has 9 heteroatoms. The van der Waals surface area contributed by atoms with E-state index in [1.165, 1.54) is 10.9 Å². The zero-order valence-corrected chi connectivity index (χ0v) is 18.2. The second-order valence-corrected chi connectivity index (χ2v) is 7.99. The van der Waals surface area contributed by atoms with E-state index in [2.05, 4.69) is 30.5 Å². The van der Waals surface area contributed by atoms with Crippen molar-refractivity contribution in [2.45, 2.75) is 19.9 Å². The van der Waals surface area contributed by atoms with Gasteiger partial charge in [-0.25, -0.2) is 4.39 Å². The van der Waals surface area contributed by atoms with E-state index in [1.54, 1.807) is 6.07 Å². The van der Waals surface area contributed by atoms with E-state index < -0.39 is 0 Å². The molecule has 1 N–H and O–H groups in total. The standard InChI is InChI=1S/C23H28FN7O/c1-18-7-9-19(10-8-18)23-26-28-31(27-23)17-22(32)25-11-4-12-29-13-15-30(16-14-29)21-6-3-2-5-20(21)24/h2-3,5-10H,4,11-17H2,1H3,(H,25,32). The highest BCUT2D eigenvalue weighted by Gasteiger charge is 2.19. The Labute approximate surface area is 187 Å². The third-order valence-corrected chi connectivity index (χ3v) is 5.59. The number of anilines is 1. The SMILES string of the molecule is Cc1ccc(-c2nnn(CC(=O)NCCCN3CCN(c4ccccc4F)CC3)n2)cc1. The average Bonchev–Trinajstić information content (AvgIpc) is 3.26. The normalized spacial score (nSPS) is 14.5. The second kappa shape index (κ2) is 10.3. The van der Waals surface area contributed by atoms with Crippen LogP contribution in [-0.2, 0) is 11.3 Å². The van der Waals surface area contributed by atoms with Gasteiger partial charge >= 0.3 is 0 Å². The zero-order chi connectivity index (χ0) is 22.3. The first kappa shape index (κ1) is 21.9. The number of aromatic nitrogens is 4. The molecule has 168 valence electrons. The highest BCUT2D eigenvalue weighted by Crippen LogP contribution is 2.20. The van der Waals surface area contributed by atoms with Crippen molar-refractivity contribution in [3.63, 3.8) is 0 Å². The van der Waals surface area contributed by atoms with Gasteiger partial charge in [-0.1, -0.05) is 42.0 Å². The number of tetrazole rings is 1. The van der Waals surface area contributed by atoms with Gasteiger partial charge in [0.25, 0.3) is 0 Å². The molecular weight excluding hydrogens is 409 g/mol. The number of hydrogen-bond donors (Lipinski definition) is 1. The van der Waals surface area contributed by atoms with Crippen LogP contribution in [0.3, 0.4) is 0 Å². The molecule has 2 heterocycles. The molecule has 0 unspecified atom stereocenters. The van der Waals surface area contributed by atoms with Crippen LogP contribution >= 0.6 is 0 Å². The van der Waals surface area contributed by atoms with Crippen LogP contribution in [0.15, 0.2) is 48.5 Å². The van der Waals surface area contributed by atoms with Crippen LogP contribution in [0.25, 0.3) is 11.4 Å². The maximum absolute atomic E-state index is 13.9. The highest BCUT2D eigenvalue weighted by atomic mass is 19.1. The molecule has 0 atom stereocenters. The van der Waals surface area contributed by atoms with Gasteiger partial charge in [-0.05, 0) is 37.2 Å². The molecule has 1 saturated heterocycles. The third-order valence-electron chi connectivity index (χ3n) is 5.59. The summed E-state index contributed by atoms with van der Waals surface area (Å²) in [4.78, 5) is 17.9. The monoisotopic (exact) mass is 437 g/mol. The Morgan fingerprint density at radius 2 is 1.81 bits per heavy atom. The van der Waals surface area contributed by atoms with Crippen LogP contribution in [0.2, 0.25) is 0 Å². The lowest BCUT2D eigenvalue weighted by Gasteiger charge is -2.36. The van der Waals surface area contributed by atoms with Gasteiger partial charge in [0, 0.05) is 38.3 Å². The van der Waals surface area contributed by atoms with Gasteiger partial charge in [0.2, 0.25) is 11.7 Å². The molecule has 1 aliphatic heterocycles. The van der Waals surface area contributed by atoms with Gasteiger partial charge in [-0.2, -0.15) is 4.80 Å². The number of rotatable bonds is 8. The number of para-hydroxylation sites is 1. The van der Waals surface area contributed by atoms with Crippen molar-refractivity contribution in [2.75, 3.05) is 44.2 Å². The smallest absolute Gasteiger partial charge is 0.243 e. The molecule has 3 aromatic rings. The van der Waals surface area contributed by atoms with E-state index in [4.69, 9.17) is 0 Å². The summed E-state index contributed by atoms with van der Waals surface area (Å²) in [5, 5.41) is 15.2. The number of hydrogen-bond acceptors (Lipinski definition) is 6. The van der Waals surface area contributed by atoms with Crippen LogP contribution in [0.5, 0.6) is 0 Å². The maximum atomic E-state index is 13.9. The quantitative estimate of drug-likeness (QED) is 0.544. The predicted octanol–water partition coefficient (Wildman–Crippen LogP) is 2.12. The average molecular weight is 438 g/mol. The molecule has 0 spiro atoms. The molecule has 0 radical (unpaired) electrons. The summed E-state index contributed by atoms with van der Waals surface area (Å²) in [6.45, 7) is 6.91. The first-order valence-corrected chi connectivity index (χ1v) is 10.9. The molecule has 1 aromatic heterocycles. The molecule has 8 nitrogen and oxygen atoms in total. The van der Waals surface area contributed by atoms with Gasteiger partial charge in [-0.15, -0.1) is 10.2 Å². The molecule has 1 fully saturated rings. The van der Waals surface area contributed by atoms with Crippen molar-refractivity contribution >= 4 is 11.6 Å². The van der Waals surface area contributed by atoms with Crippen molar-refractivity contribution in [1.82, 2.24) is 30.4 Å². The molecule has 4 rings (SSSR count). The van der Waals surface area contributed by atoms with Crippen LogP contribution in [0.1, 0.15) is 12.0 Å². The number of aryl methyl sites for hydroxylation is 1. The zero-order valence-electron chi connectivity index (χ0n) is 18.2. The number of benzene rings is 2. The Kier molecular flexibility index (Phi) is 7.06. The van der Waals surface area contributed by atoms with Gasteiger partial charge in [-0.3, -0.25) is 9.69 Å². The lowest BCUT2D eigenvalue weighted by Crippen LogP contribution is -2.47. The second-order valence-electron chi connectivity index (χ2n) is 7.99. The fourth-order valence-corrected chi connectivity index (χ4v) is 3.76. The summed E-state index contributed by atoms with van der Waals surface area (Å²) in [6, 6.07) is 14.8. The number of piperazine rings is 1. The number of nitrogens with one attached hydrogen (secondary N) is 1. The fraction of sp³-hybridized carbons (Fsp3) is 0.391. The van der Waals surface area contributed by atoms with Crippen molar-refractivity contribution in [3.05, 3.63) is 59.9 Å². The van der Waals surface area contributed by atoms with Crippen molar-refractivity contribution in [3.8, 4) is 11.4 Å². The minimum Gasteiger partial charge on any atom is -0.367 e. The van der Waals surface area contributed by atoms with Gasteiger partial charge in [0.15, 0.2) is 0 Å². The van der Waals surface area contributed by atoms with Crippen LogP contribution in [0, 0.1) is 12.7 Å². The van der Waals surface area contributed by atoms with E-state index >= 15 is 0 Å². The molecule has 1 aliphatic rings. The van der Waals surface area contributed by atoms with Crippen molar-refractivity contribution < 1.29 is 9.18 Å². The summed E-state index contributed by atoms with van der Waals surface area (Å²) >= 11 is 0. The minimum atomic E-state index is -0.170. The fourth-order valence-electron chi connectivity index (χ4n) is 3.76. The largest absolute Gasteiger partial charge is 0.367 e. The minimum absolute atomic E-state index is 0.0418. The van der Waals surface area contributed by atoms with Crippen molar-refractivity contribution in [1.29, 1.82) is 0 Å². The topological polar surface area (TPSA) is 79.2 Å². The van der Waals surface area contributed by atoms with Crippen LogP contribution in [0.4, 0.5) is 10.1 Å². The summed E-state index contributed by atoms with van der Waals surface area (Å²) in [5.41, 5.74) is 2.71. The van der Waals surface area contributed by atoms with Crippen molar-refractivity contribution in [2.24, 2.45) is 0 Å². The summed E-state index contributed by atoms with van der Waals surface area (Å²) in [7, 11) is 0. The Bertz CT molecular complexity index is 1030. The lowest BCUT2D eigenvalue weighted by atomic mass is 10.1. The van der Waals surface area contributed by atoms with E-state index in [9.17, 15) is 9.18 Å². The summed E-state index contributed by atoms with van der Waals surface area (Å²) in [5.74, 6) is 0.200. The molecule has 32 heavy (non-hydrogen) atoms. The first-order chi connectivity index (χ1) is 15.6. The van der Waals surface area contributed by atoms with Gasteiger partial charge in [0.1, 0.15) is 12.4 Å². The first-order valence-electron chi connectivity index (χ1n) is 10.9. The Morgan fingerprint density at radius 1 is 1.06 bits per heavy atom. The van der Waals surface area contributed by atoms with E-state index in [0.29, 0.717) is 18.1 Å². The maximum Gasteiger partial charge on any atom is 0.243 e. The number of halogens is 1. The lowest BCUT2D eigenvalue weighted by molar-refractivity contribution is -0.122. The summed E-state index contributed by atoms with van der Waals surface area (Å²) < 4.78 is 13.9. The molecular formula is C23H28FN7O. The van der Waals surface area contributed by atoms with Gasteiger partial charge in [0.05, 0.1) is 5.69 Å². The van der Waals surface area contributed by atoms with E-state index in [-0.39, 0.29) is 18.3 Å². The van der Waals surface area contributed by atoms with E-state index in [1.807, 2.05) is 43.3 Å². The molecule has 0 bridgehead atoms. The highest BCUT2D eigenvalue weighted by molar-refractivity contribution is 5.75. The Hall–Kier alpha value is -3.33. The molecule has 0 aliphatic carbocycles. The summed E-state index contributed by atoms with van der Waals surface area (Å²) in [6.07, 6.45) is 0.852. The Balaban J connectivity index is 1.14. The molecule has 0 saturated carbocycles. The van der Waals surface area contributed by atoms with Crippen LogP contribution < -0.4 is 10.2 Å². The van der Waals surface area contributed by atoms with Crippen LogP contribution in [-0.4, -0.2) is 70.3 Å². The third kappa shape index (κ3) is 5.67. The number of carbonyl (C=O) groups excluding carboxylic acids is 1. The molecule has 1 amide bonds. The number of amides is 1. The van der Waals surface area contributed by atoms with E-state index in [0.717, 1.165) is 50.3 Å². The molecule has 2 aromatic carbocycles. The number of nitrogens with zero attached hydrogens (tertiary/aromatic N) is 6.